The molecule has 0 saturated heterocycles. The van der Waals surface area contributed by atoms with Crippen molar-refractivity contribution in [3.63, 3.8) is 0 Å². The molecule has 170 valence electrons. The van der Waals surface area contributed by atoms with Crippen molar-refractivity contribution in [3.8, 4) is 5.75 Å². The Hall–Kier alpha value is -3.13. The van der Waals surface area contributed by atoms with Gasteiger partial charge in [-0.25, -0.2) is 4.99 Å². The summed E-state index contributed by atoms with van der Waals surface area (Å²) >= 11 is 0. The van der Waals surface area contributed by atoms with Gasteiger partial charge in [-0.1, -0.05) is 26.0 Å². The predicted octanol–water partition coefficient (Wildman–Crippen LogP) is 3.15. The fourth-order valence-corrected chi connectivity index (χ4v) is 4.59. The average molecular weight is 438 g/mol. The van der Waals surface area contributed by atoms with Gasteiger partial charge >= 0.3 is 0 Å². The third-order valence-electron chi connectivity index (χ3n) is 6.80. The molecular formula is C24H31N5O3. The summed E-state index contributed by atoms with van der Waals surface area (Å²) in [5.74, 6) is 0.0977. The number of guanidine groups is 1. The molecule has 0 spiro atoms. The van der Waals surface area contributed by atoms with Crippen molar-refractivity contribution in [2.75, 3.05) is 5.32 Å². The highest BCUT2D eigenvalue weighted by molar-refractivity contribution is 6.00. The first kappa shape index (κ1) is 22.1. The van der Waals surface area contributed by atoms with Crippen LogP contribution in [0, 0.1) is 12.8 Å². The Kier molecular flexibility index (Phi) is 5.36. The van der Waals surface area contributed by atoms with Gasteiger partial charge in [-0.15, -0.1) is 0 Å². The smallest absolute Gasteiger partial charge is 0.232 e. The number of aromatic hydroxyl groups is 1. The topological polar surface area (TPSA) is 124 Å². The van der Waals surface area contributed by atoms with Gasteiger partial charge in [0.2, 0.25) is 5.91 Å². The standard InChI is InChI=1S/C24H31N5O3/c1-14(2)24(32)10-17(11-24)29-20(30)12-23(4,28-22(29)25)18-6-5-7-19(21(18)31)27-16-9-8-15(3)26-13-16/h5-9,13-14,17,27,31-32H,10-12H2,1-4H3,(H2,25,28)/t17?,23-,24?/m0/s1. The second-order valence-corrected chi connectivity index (χ2v) is 9.52. The van der Waals surface area contributed by atoms with Crippen LogP contribution in [0.2, 0.25) is 0 Å². The largest absolute Gasteiger partial charge is 0.505 e. The molecule has 0 radical (unpaired) electrons. The van der Waals surface area contributed by atoms with E-state index in [-0.39, 0.29) is 36.0 Å². The first-order valence-corrected chi connectivity index (χ1v) is 10.9. The first-order chi connectivity index (χ1) is 15.0. The van der Waals surface area contributed by atoms with Gasteiger partial charge in [0.25, 0.3) is 0 Å². The molecular weight excluding hydrogens is 406 g/mol. The number of hydrogen-bond acceptors (Lipinski definition) is 7. The van der Waals surface area contributed by atoms with Crippen molar-refractivity contribution in [1.82, 2.24) is 9.88 Å². The van der Waals surface area contributed by atoms with E-state index >= 15 is 0 Å². The molecule has 8 heteroatoms. The maximum atomic E-state index is 13.1. The molecule has 5 N–H and O–H groups in total. The van der Waals surface area contributed by atoms with Crippen molar-refractivity contribution in [1.29, 1.82) is 0 Å². The van der Waals surface area contributed by atoms with Gasteiger partial charge in [-0.2, -0.15) is 0 Å². The van der Waals surface area contributed by atoms with Gasteiger partial charge in [0.15, 0.2) is 5.96 Å². The lowest BCUT2D eigenvalue weighted by atomic mass is 9.68. The molecule has 1 amide bonds. The number of aliphatic imine (C=N–C) groups is 1. The average Bonchev–Trinajstić information content (AvgIpc) is 2.68. The Labute approximate surface area is 188 Å². The number of aromatic nitrogens is 1. The molecule has 32 heavy (non-hydrogen) atoms. The van der Waals surface area contributed by atoms with E-state index in [4.69, 9.17) is 5.73 Å². The molecule has 1 saturated carbocycles. The number of benzene rings is 1. The number of carbonyl (C=O) groups is 1. The molecule has 1 aromatic carbocycles. The minimum absolute atomic E-state index is 0.0196. The van der Waals surface area contributed by atoms with Crippen LogP contribution in [0.15, 0.2) is 41.5 Å². The molecule has 2 heterocycles. The van der Waals surface area contributed by atoms with Crippen LogP contribution in [0.3, 0.4) is 0 Å². The van der Waals surface area contributed by atoms with Crippen LogP contribution >= 0.6 is 0 Å². The van der Waals surface area contributed by atoms with E-state index < -0.39 is 11.1 Å². The van der Waals surface area contributed by atoms with Crippen molar-refractivity contribution in [3.05, 3.63) is 47.8 Å². The number of nitrogens with zero attached hydrogens (tertiary/aromatic N) is 3. The number of hydrogen-bond donors (Lipinski definition) is 4. The van der Waals surface area contributed by atoms with Crippen LogP contribution < -0.4 is 11.1 Å². The number of rotatable bonds is 5. The van der Waals surface area contributed by atoms with Gasteiger partial charge in [-0.3, -0.25) is 14.7 Å². The minimum atomic E-state index is -0.997. The zero-order valence-corrected chi connectivity index (χ0v) is 19.0. The number of anilines is 2. The first-order valence-electron chi connectivity index (χ1n) is 10.9. The van der Waals surface area contributed by atoms with E-state index in [9.17, 15) is 15.0 Å². The summed E-state index contributed by atoms with van der Waals surface area (Å²) in [7, 11) is 0. The Morgan fingerprint density at radius 3 is 2.56 bits per heavy atom. The lowest BCUT2D eigenvalue weighted by Gasteiger charge is -2.51. The Balaban J connectivity index is 1.59. The van der Waals surface area contributed by atoms with Gasteiger partial charge in [0, 0.05) is 17.3 Å². The quantitative estimate of drug-likeness (QED) is 0.533. The maximum Gasteiger partial charge on any atom is 0.232 e. The second kappa shape index (κ2) is 7.78. The number of amides is 1. The van der Waals surface area contributed by atoms with Crippen LogP contribution in [0.4, 0.5) is 11.4 Å². The SMILES string of the molecule is Cc1ccc(Nc2cccc([C@]3(C)CC(=O)N(C4CC(O)(C(C)C)C4)C(N)=N3)c2O)cn1. The molecule has 0 bridgehead atoms. The summed E-state index contributed by atoms with van der Waals surface area (Å²) in [5.41, 5.74) is 7.14. The molecule has 8 nitrogen and oxygen atoms in total. The molecule has 1 atom stereocenters. The molecule has 2 aliphatic rings. The fourth-order valence-electron chi connectivity index (χ4n) is 4.59. The van der Waals surface area contributed by atoms with Crippen molar-refractivity contribution >= 4 is 23.2 Å². The van der Waals surface area contributed by atoms with E-state index in [1.807, 2.05) is 39.0 Å². The van der Waals surface area contributed by atoms with Crippen LogP contribution in [-0.4, -0.2) is 43.6 Å². The van der Waals surface area contributed by atoms with E-state index in [0.717, 1.165) is 11.4 Å². The molecule has 0 unspecified atom stereocenters. The highest BCUT2D eigenvalue weighted by Gasteiger charge is 2.51. The number of phenols is 1. The zero-order chi connectivity index (χ0) is 23.3. The molecule has 1 aliphatic heterocycles. The van der Waals surface area contributed by atoms with Crippen molar-refractivity contribution < 1.29 is 15.0 Å². The van der Waals surface area contributed by atoms with Crippen LogP contribution in [0.1, 0.15) is 51.3 Å². The summed E-state index contributed by atoms with van der Waals surface area (Å²) in [5, 5.41) is 24.8. The summed E-state index contributed by atoms with van der Waals surface area (Å²) in [6, 6.07) is 8.93. The number of nitrogens with one attached hydrogen (secondary N) is 1. The Morgan fingerprint density at radius 1 is 1.25 bits per heavy atom. The lowest BCUT2D eigenvalue weighted by Crippen LogP contribution is -2.63. The lowest BCUT2D eigenvalue weighted by molar-refractivity contribution is -0.145. The molecule has 1 aliphatic carbocycles. The number of nitrogens with two attached hydrogens (primary N) is 1. The summed E-state index contributed by atoms with van der Waals surface area (Å²) in [6.07, 6.45) is 2.74. The van der Waals surface area contributed by atoms with Crippen LogP contribution in [-0.2, 0) is 10.3 Å². The normalized spacial score (nSPS) is 27.8. The predicted molar refractivity (Wildman–Crippen MR) is 124 cm³/mol. The van der Waals surface area contributed by atoms with Gasteiger partial charge < -0.3 is 21.3 Å². The summed E-state index contributed by atoms with van der Waals surface area (Å²) in [4.78, 5) is 23.5. The summed E-state index contributed by atoms with van der Waals surface area (Å²) < 4.78 is 0. The van der Waals surface area contributed by atoms with Gasteiger partial charge in [0.1, 0.15) is 5.75 Å². The Bertz CT molecular complexity index is 1060. The number of carbonyl (C=O) groups excluding carboxylic acids is 1. The highest BCUT2D eigenvalue weighted by Crippen LogP contribution is 2.45. The second-order valence-electron chi connectivity index (χ2n) is 9.52. The van der Waals surface area contributed by atoms with E-state index in [2.05, 4.69) is 15.3 Å². The van der Waals surface area contributed by atoms with Crippen LogP contribution in [0.25, 0.3) is 0 Å². The molecule has 1 fully saturated rings. The number of pyridine rings is 1. The van der Waals surface area contributed by atoms with Crippen molar-refractivity contribution in [2.45, 2.75) is 64.1 Å². The number of phenolic OH excluding ortho intramolecular Hbond substituents is 1. The third-order valence-corrected chi connectivity index (χ3v) is 6.80. The van der Waals surface area contributed by atoms with Crippen LogP contribution in [0.5, 0.6) is 5.75 Å². The van der Waals surface area contributed by atoms with Gasteiger partial charge in [-0.05, 0) is 50.8 Å². The molecule has 4 rings (SSSR count). The van der Waals surface area contributed by atoms with E-state index in [1.165, 1.54) is 4.90 Å². The summed E-state index contributed by atoms with van der Waals surface area (Å²) in [6.45, 7) is 7.65. The maximum absolute atomic E-state index is 13.1. The Morgan fingerprint density at radius 2 is 1.97 bits per heavy atom. The monoisotopic (exact) mass is 437 g/mol. The van der Waals surface area contributed by atoms with E-state index in [1.54, 1.807) is 25.3 Å². The van der Waals surface area contributed by atoms with Crippen molar-refractivity contribution in [2.24, 2.45) is 16.6 Å². The minimum Gasteiger partial charge on any atom is -0.505 e. The van der Waals surface area contributed by atoms with E-state index in [0.29, 0.717) is 24.1 Å². The van der Waals surface area contributed by atoms with Gasteiger partial charge in [0.05, 0.1) is 35.1 Å². The fraction of sp³-hybridized carbons (Fsp3) is 0.458. The number of para-hydroxylation sites is 1. The number of aryl methyl sites for hydroxylation is 1. The number of aliphatic hydroxyl groups is 1. The molecule has 2 aromatic rings. The zero-order valence-electron chi connectivity index (χ0n) is 19.0. The highest BCUT2D eigenvalue weighted by atomic mass is 16.3. The third kappa shape index (κ3) is 3.79. The molecule has 1 aromatic heterocycles.